The molecule has 4 aromatic rings. The van der Waals surface area contributed by atoms with Crippen LogP contribution in [0.2, 0.25) is 0 Å². The summed E-state index contributed by atoms with van der Waals surface area (Å²) < 4.78 is 41.1. The maximum atomic E-state index is 15.3. The van der Waals surface area contributed by atoms with E-state index in [2.05, 4.69) is 12.7 Å². The third kappa shape index (κ3) is 11.7. The Morgan fingerprint density at radius 1 is 0.944 bits per heavy atom. The van der Waals surface area contributed by atoms with Gasteiger partial charge in [-0.3, -0.25) is 19.7 Å². The van der Waals surface area contributed by atoms with E-state index in [-0.39, 0.29) is 75.2 Å². The van der Waals surface area contributed by atoms with Gasteiger partial charge in [-0.2, -0.15) is 0 Å². The van der Waals surface area contributed by atoms with E-state index in [4.69, 9.17) is 28.9 Å². The number of amides is 1. The molecule has 14 nitrogen and oxygen atoms in total. The molecule has 0 spiro atoms. The number of oxime groups is 1. The number of carbonyl (C=O) groups excluding carboxylic acids is 2. The van der Waals surface area contributed by atoms with Crippen LogP contribution < -0.4 is 14.2 Å². The fraction of sp³-hybridized carbons (Fsp3) is 0.456. The van der Waals surface area contributed by atoms with Gasteiger partial charge in [-0.05, 0) is 127 Å². The van der Waals surface area contributed by atoms with Crippen molar-refractivity contribution < 1.29 is 52.9 Å². The quantitative estimate of drug-likeness (QED) is 0.0212. The number of benzene rings is 4. The van der Waals surface area contributed by atoms with Crippen LogP contribution in [-0.2, 0) is 27.5 Å². The SMILES string of the molecule is C=CCOC12Oc3ccc(Oc4ccc(OC)c(C=O)c4)cc3C3C(CCCCO)C(CCCCO)C=C(C(=NOCc4ccc([N+](=O)[O-])cc4)CC1N(Cc1ccc(F)cc1)C(=O)CCC1CCCC1)C32. The summed E-state index contributed by atoms with van der Waals surface area (Å²) in [5.41, 5.74) is 3.93. The van der Waals surface area contributed by atoms with Crippen LogP contribution in [0.15, 0.2) is 114 Å². The van der Waals surface area contributed by atoms with Crippen molar-refractivity contribution in [2.45, 2.75) is 114 Å². The minimum absolute atomic E-state index is 0.00613. The fourth-order valence-corrected chi connectivity index (χ4v) is 11.5. The van der Waals surface area contributed by atoms with Gasteiger partial charge in [-0.1, -0.05) is 68.0 Å². The van der Waals surface area contributed by atoms with Gasteiger partial charge in [-0.15, -0.1) is 6.58 Å². The first-order chi connectivity index (χ1) is 35.1. The van der Waals surface area contributed by atoms with Gasteiger partial charge < -0.3 is 38.9 Å². The number of allylic oxidation sites excluding steroid dienone is 1. The maximum absolute atomic E-state index is 15.3. The number of nitrogens with zero attached hydrogens (tertiary/aromatic N) is 3. The van der Waals surface area contributed by atoms with Gasteiger partial charge >= 0.3 is 0 Å². The summed E-state index contributed by atoms with van der Waals surface area (Å²) in [5, 5.41) is 36.5. The fourth-order valence-electron chi connectivity index (χ4n) is 11.5. The van der Waals surface area contributed by atoms with E-state index >= 15 is 4.79 Å². The normalized spacial score (nSPS) is 22.8. The van der Waals surface area contributed by atoms with E-state index < -0.39 is 28.5 Å². The van der Waals surface area contributed by atoms with E-state index in [1.54, 1.807) is 48.5 Å². The topological polar surface area (TPSA) is 179 Å². The Morgan fingerprint density at radius 3 is 2.35 bits per heavy atom. The number of ether oxygens (including phenoxy) is 4. The van der Waals surface area contributed by atoms with Crippen molar-refractivity contribution in [3.8, 4) is 23.0 Å². The molecule has 2 fully saturated rings. The van der Waals surface area contributed by atoms with Crippen molar-refractivity contribution in [2.75, 3.05) is 26.9 Å². The summed E-state index contributed by atoms with van der Waals surface area (Å²) >= 11 is 0. The van der Waals surface area contributed by atoms with Crippen molar-refractivity contribution in [2.24, 2.45) is 28.8 Å². The third-order valence-electron chi connectivity index (χ3n) is 15.0. The van der Waals surface area contributed by atoms with Gasteiger partial charge in [-0.25, -0.2) is 4.39 Å². The highest BCUT2D eigenvalue weighted by molar-refractivity contribution is 6.03. The Morgan fingerprint density at radius 2 is 1.65 bits per heavy atom. The zero-order valence-electron chi connectivity index (χ0n) is 41.0. The maximum Gasteiger partial charge on any atom is 0.269 e. The summed E-state index contributed by atoms with van der Waals surface area (Å²) in [5.74, 6) is -0.817. The molecule has 0 radical (unpaired) electrons. The third-order valence-corrected chi connectivity index (χ3v) is 15.0. The number of hydrogen-bond donors (Lipinski definition) is 2. The number of nitro groups is 1. The molecule has 2 N–H and O–H groups in total. The molecule has 1 amide bonds. The van der Waals surface area contributed by atoms with Gasteiger partial charge in [0.2, 0.25) is 11.7 Å². The second kappa shape index (κ2) is 24.3. The second-order valence-corrected chi connectivity index (χ2v) is 19.4. The number of hydrogen-bond acceptors (Lipinski definition) is 12. The Kier molecular flexibility index (Phi) is 17.5. The standard InChI is InChI=1S/C57H66FN3O11/c1-3-30-69-57-53(60(35-39-14-19-43(58)20-15-39)54(65)27-18-38-10-4-5-11-38)34-50(59-70-37-40-16-21-44(22-17-40)61(66)67)48-32-41(12-6-8-28-62)47(13-7-9-29-63)55(56(48)57)49-33-46(24-26-52(49)72-57)71-45-23-25-51(68-2)42(31-45)36-64/h3,14-17,19-26,31-33,36,38,41,47,53,55-56,62-63H,1,4-13,18,27-30,34-35,37H2,2H3. The number of rotatable bonds is 25. The van der Waals surface area contributed by atoms with Crippen LogP contribution in [0.25, 0.3) is 0 Å². The zero-order valence-corrected chi connectivity index (χ0v) is 41.0. The molecule has 15 heteroatoms. The highest BCUT2D eigenvalue weighted by Gasteiger charge is 2.65. The monoisotopic (exact) mass is 987 g/mol. The number of unbranched alkanes of at least 4 members (excludes halogenated alkanes) is 2. The average Bonchev–Trinajstić information content (AvgIpc) is 3.92. The number of aliphatic hydroxyl groups excluding tert-OH is 2. The van der Waals surface area contributed by atoms with Gasteiger partial charge in [0.1, 0.15) is 41.5 Å². The smallest absolute Gasteiger partial charge is 0.269 e. The van der Waals surface area contributed by atoms with Crippen LogP contribution in [0.4, 0.5) is 10.1 Å². The van der Waals surface area contributed by atoms with Crippen LogP contribution in [0.3, 0.4) is 0 Å². The number of aliphatic hydroxyl groups is 2. The molecule has 2 saturated carbocycles. The Labute approximate surface area is 420 Å². The van der Waals surface area contributed by atoms with Crippen LogP contribution in [-0.4, -0.2) is 76.7 Å². The Balaban J connectivity index is 1.32. The highest BCUT2D eigenvalue weighted by atomic mass is 19.1. The van der Waals surface area contributed by atoms with E-state index in [1.807, 2.05) is 23.1 Å². The predicted molar refractivity (Wildman–Crippen MR) is 269 cm³/mol. The van der Waals surface area contributed by atoms with E-state index in [0.717, 1.165) is 68.1 Å². The first kappa shape index (κ1) is 51.9. The van der Waals surface area contributed by atoms with Crippen molar-refractivity contribution >= 4 is 23.6 Å². The number of nitro benzene ring substituents is 1. The molecule has 0 aromatic heterocycles. The van der Waals surface area contributed by atoms with E-state index in [9.17, 15) is 29.5 Å². The second-order valence-electron chi connectivity index (χ2n) is 19.4. The van der Waals surface area contributed by atoms with Gasteiger partial charge in [0.25, 0.3) is 5.69 Å². The Hall–Kier alpha value is -6.42. The molecular formula is C57H66FN3O11. The van der Waals surface area contributed by atoms with Crippen LogP contribution in [0, 0.1) is 39.6 Å². The number of methoxy groups -OCH3 is 1. The number of carbonyl (C=O) groups is 2. The molecule has 0 bridgehead atoms. The first-order valence-corrected chi connectivity index (χ1v) is 25.4. The summed E-state index contributed by atoms with van der Waals surface area (Å²) in [6.07, 6.45) is 14.3. The Bertz CT molecular complexity index is 2580. The molecule has 8 rings (SSSR count). The number of halogens is 1. The summed E-state index contributed by atoms with van der Waals surface area (Å²) in [4.78, 5) is 46.4. The predicted octanol–water partition coefficient (Wildman–Crippen LogP) is 11.2. The van der Waals surface area contributed by atoms with Crippen molar-refractivity contribution in [3.05, 3.63) is 147 Å². The number of fused-ring (bicyclic) bond motifs is 2. The largest absolute Gasteiger partial charge is 0.496 e. The molecule has 72 heavy (non-hydrogen) atoms. The molecule has 4 aliphatic rings. The molecule has 1 aliphatic heterocycles. The van der Waals surface area contributed by atoms with Gasteiger partial charge in [0.05, 0.1) is 35.8 Å². The minimum atomic E-state index is -1.54. The van der Waals surface area contributed by atoms with Crippen molar-refractivity contribution in [1.82, 2.24) is 4.90 Å². The lowest BCUT2D eigenvalue weighted by Crippen LogP contribution is -2.70. The average molecular weight is 988 g/mol. The van der Waals surface area contributed by atoms with Crippen molar-refractivity contribution in [3.63, 3.8) is 0 Å². The molecule has 4 aromatic carbocycles. The van der Waals surface area contributed by atoms with Crippen molar-refractivity contribution in [1.29, 1.82) is 0 Å². The van der Waals surface area contributed by atoms with Crippen LogP contribution in [0.1, 0.15) is 116 Å². The summed E-state index contributed by atoms with van der Waals surface area (Å²) in [7, 11) is 1.50. The van der Waals surface area contributed by atoms with Crippen LogP contribution >= 0.6 is 0 Å². The molecule has 382 valence electrons. The number of aldehydes is 1. The van der Waals surface area contributed by atoms with E-state index in [0.29, 0.717) is 71.3 Å². The lowest BCUT2D eigenvalue weighted by Gasteiger charge is -2.60. The lowest BCUT2D eigenvalue weighted by molar-refractivity contribution is -0.384. The molecule has 6 atom stereocenters. The summed E-state index contributed by atoms with van der Waals surface area (Å²) in [6.45, 7) is 4.33. The van der Waals surface area contributed by atoms with Crippen LogP contribution in [0.5, 0.6) is 23.0 Å². The van der Waals surface area contributed by atoms with Gasteiger partial charge in [0.15, 0.2) is 6.29 Å². The molecule has 3 aliphatic carbocycles. The number of non-ortho nitro benzene ring substituents is 1. The zero-order chi connectivity index (χ0) is 50.6. The lowest BCUT2D eigenvalue weighted by atomic mass is 9.55. The molecule has 0 saturated heterocycles. The van der Waals surface area contributed by atoms with E-state index in [1.165, 1.54) is 31.4 Å². The van der Waals surface area contributed by atoms with Gasteiger partial charge in [0, 0.05) is 56.2 Å². The first-order valence-electron chi connectivity index (χ1n) is 25.4. The summed E-state index contributed by atoms with van der Waals surface area (Å²) in [6, 6.07) is 22.1. The molecule has 1 heterocycles. The minimum Gasteiger partial charge on any atom is -0.496 e. The highest BCUT2D eigenvalue weighted by Crippen LogP contribution is 2.62. The molecule has 6 unspecified atom stereocenters. The molecular weight excluding hydrogens is 922 g/mol.